The minimum Gasteiger partial charge on any atom is -0.0680 e. The average molecular weight is 278 g/mol. The fourth-order valence-corrected chi connectivity index (χ4v) is 2.25. The van der Waals surface area contributed by atoms with Crippen LogP contribution >= 0.6 is 0 Å². The normalized spacial score (nSPS) is 9.00. The largest absolute Gasteiger partial charge is 0.0680 e. The van der Waals surface area contributed by atoms with Gasteiger partial charge in [-0.15, -0.1) is 0 Å². The Hall–Kier alpha value is 1.49. The second-order valence-corrected chi connectivity index (χ2v) is 5.43. The fraction of sp³-hybridized carbons (Fsp3) is 1.00. The van der Waals surface area contributed by atoms with Crippen LogP contribution in [-0.2, 0) is 0 Å². The first-order valence-electron chi connectivity index (χ1n) is 3.18. The van der Waals surface area contributed by atoms with Crippen molar-refractivity contribution in [2.24, 2.45) is 0 Å². The summed E-state index contributed by atoms with van der Waals surface area (Å²) in [7, 11) is 0.137. The molecule has 0 aliphatic rings. The van der Waals surface area contributed by atoms with Gasteiger partial charge in [-0.2, -0.15) is 0 Å². The van der Waals surface area contributed by atoms with Crippen molar-refractivity contribution >= 4 is 8.80 Å². The Morgan fingerprint density at radius 2 is 1.12 bits per heavy atom. The first kappa shape index (κ1) is 12.2. The van der Waals surface area contributed by atoms with E-state index < -0.39 is 0 Å². The summed E-state index contributed by atoms with van der Waals surface area (Å²) in [6, 6.07) is 4.37. The molecule has 53 valence electrons. The van der Waals surface area contributed by atoms with E-state index in [1.54, 1.807) is 0 Å². The van der Waals surface area contributed by atoms with Gasteiger partial charge in [0.2, 0.25) is 0 Å². The molecule has 0 aliphatic carbocycles. The molecule has 0 saturated heterocycles. The molecular formula is C6H15DySi. The molecule has 0 rings (SSSR count). The van der Waals surface area contributed by atoms with Gasteiger partial charge in [-0.3, -0.25) is 0 Å². The molecule has 0 aliphatic heterocycles. The Morgan fingerprint density at radius 1 is 0.875 bits per heavy atom. The molecule has 0 bridgehead atoms. The average Bonchev–Trinajstić information content (AvgIpc) is 1.72. The summed E-state index contributed by atoms with van der Waals surface area (Å²) >= 11 is 0. The summed E-state index contributed by atoms with van der Waals surface area (Å²) in [5.41, 5.74) is 0. The van der Waals surface area contributed by atoms with E-state index in [1.165, 1.54) is 18.1 Å². The topological polar surface area (TPSA) is 0 Å². The van der Waals surface area contributed by atoms with E-state index in [1.807, 2.05) is 0 Å². The molecule has 0 fully saturated rings. The van der Waals surface area contributed by atoms with E-state index in [4.69, 9.17) is 0 Å². The molecule has 2 heteroatoms. The van der Waals surface area contributed by atoms with Crippen molar-refractivity contribution in [3.63, 3.8) is 0 Å². The molecule has 0 nitrogen and oxygen atoms in total. The Kier molecular flexibility index (Phi) is 12.9. The minimum absolute atomic E-state index is 0. The first-order valence-corrected chi connectivity index (χ1v) is 5.30. The van der Waals surface area contributed by atoms with Gasteiger partial charge in [-0.05, 0) is 0 Å². The standard InChI is InChI=1S/C6H15Si.Dy/c1-4-7(5-2)6-3;/h4-6H2,1-3H3;. The molecule has 8 heavy (non-hydrogen) atoms. The SMILES string of the molecule is CC[Si](CC)CC.[Dy]. The van der Waals surface area contributed by atoms with Crippen LogP contribution < -0.4 is 0 Å². The predicted octanol–water partition coefficient (Wildman–Crippen LogP) is 2.54. The summed E-state index contributed by atoms with van der Waals surface area (Å²) < 4.78 is 0. The van der Waals surface area contributed by atoms with E-state index in [0.717, 1.165) is 0 Å². The van der Waals surface area contributed by atoms with Crippen molar-refractivity contribution in [1.82, 2.24) is 0 Å². The molecule has 0 heterocycles. The molecule has 0 saturated carbocycles. The van der Waals surface area contributed by atoms with Crippen molar-refractivity contribution in [2.75, 3.05) is 0 Å². The van der Waals surface area contributed by atoms with Gasteiger partial charge in [-0.25, -0.2) is 0 Å². The van der Waals surface area contributed by atoms with Crippen molar-refractivity contribution in [1.29, 1.82) is 0 Å². The zero-order valence-corrected chi connectivity index (χ0v) is 8.97. The molecule has 0 atom stereocenters. The summed E-state index contributed by atoms with van der Waals surface area (Å²) in [5.74, 6) is 0. The van der Waals surface area contributed by atoms with E-state index in [0.29, 0.717) is 0 Å². The van der Waals surface area contributed by atoms with Gasteiger partial charge in [0, 0.05) is 47.0 Å². The molecule has 0 aromatic rings. The molecule has 1 radical (unpaired) electrons. The van der Waals surface area contributed by atoms with Crippen LogP contribution in [0.15, 0.2) is 0 Å². The Labute approximate surface area is 85.1 Å². The summed E-state index contributed by atoms with van der Waals surface area (Å²) in [6.07, 6.45) is 0. The maximum absolute atomic E-state index is 2.31. The van der Waals surface area contributed by atoms with Gasteiger partial charge >= 0.3 is 0 Å². The van der Waals surface area contributed by atoms with E-state index in [-0.39, 0.29) is 47.0 Å². The summed E-state index contributed by atoms with van der Waals surface area (Å²) in [6.45, 7) is 6.92. The Balaban J connectivity index is 0. The maximum Gasteiger partial charge on any atom is 0.0470 e. The first-order chi connectivity index (χ1) is 3.35. The number of hydrogen-bond acceptors (Lipinski definition) is 0. The van der Waals surface area contributed by atoms with Crippen LogP contribution in [0.4, 0.5) is 0 Å². The minimum atomic E-state index is 0. The van der Waals surface area contributed by atoms with E-state index >= 15 is 0 Å². The second-order valence-electron chi connectivity index (χ2n) is 1.81. The van der Waals surface area contributed by atoms with Crippen molar-refractivity contribution < 1.29 is 38.2 Å². The summed E-state index contributed by atoms with van der Waals surface area (Å²) in [4.78, 5) is 0. The molecular weight excluding hydrogens is 263 g/mol. The van der Waals surface area contributed by atoms with Crippen molar-refractivity contribution in [3.05, 3.63) is 0 Å². The van der Waals surface area contributed by atoms with Crippen molar-refractivity contribution in [3.8, 4) is 0 Å². The van der Waals surface area contributed by atoms with Gasteiger partial charge in [-0.1, -0.05) is 38.9 Å². The molecule has 0 spiro atoms. The van der Waals surface area contributed by atoms with Crippen LogP contribution in [-0.4, -0.2) is 8.80 Å². The predicted molar refractivity (Wildman–Crippen MR) is 37.2 cm³/mol. The van der Waals surface area contributed by atoms with Gasteiger partial charge in [0.25, 0.3) is 0 Å². The quantitative estimate of drug-likeness (QED) is 0.696. The number of hydrogen-bond donors (Lipinski definition) is 0. The van der Waals surface area contributed by atoms with E-state index in [2.05, 4.69) is 20.8 Å². The van der Waals surface area contributed by atoms with Crippen LogP contribution in [0.3, 0.4) is 0 Å². The van der Waals surface area contributed by atoms with Crippen molar-refractivity contribution in [2.45, 2.75) is 38.9 Å². The third kappa shape index (κ3) is 5.62. The van der Waals surface area contributed by atoms with E-state index in [9.17, 15) is 0 Å². The van der Waals surface area contributed by atoms with Crippen LogP contribution in [0.2, 0.25) is 18.1 Å². The molecule has 0 amide bonds. The third-order valence-corrected chi connectivity index (χ3v) is 4.50. The fourth-order valence-electron chi connectivity index (χ4n) is 0.750. The van der Waals surface area contributed by atoms with Crippen LogP contribution in [0.25, 0.3) is 0 Å². The Bertz CT molecular complexity index is 30.0. The Morgan fingerprint density at radius 3 is 1.12 bits per heavy atom. The maximum atomic E-state index is 2.31. The van der Waals surface area contributed by atoms with Gasteiger partial charge in [0.15, 0.2) is 0 Å². The monoisotopic (exact) mass is 279 g/mol. The third-order valence-electron chi connectivity index (χ3n) is 1.50. The summed E-state index contributed by atoms with van der Waals surface area (Å²) in [5, 5.41) is 0. The number of rotatable bonds is 3. The van der Waals surface area contributed by atoms with Crippen LogP contribution in [0, 0.1) is 38.2 Å². The smallest absolute Gasteiger partial charge is 0.0470 e. The molecule has 0 aromatic heterocycles. The van der Waals surface area contributed by atoms with Crippen LogP contribution in [0.1, 0.15) is 20.8 Å². The second kappa shape index (κ2) is 8.49. The van der Waals surface area contributed by atoms with Gasteiger partial charge < -0.3 is 0 Å². The van der Waals surface area contributed by atoms with Gasteiger partial charge in [0.1, 0.15) is 0 Å². The van der Waals surface area contributed by atoms with Gasteiger partial charge in [0.05, 0.1) is 0 Å². The zero-order valence-electron chi connectivity index (χ0n) is 5.94. The van der Waals surface area contributed by atoms with Crippen LogP contribution in [0.5, 0.6) is 0 Å². The molecule has 0 aromatic carbocycles. The zero-order chi connectivity index (χ0) is 5.70. The molecule has 0 unspecified atom stereocenters. The molecule has 0 N–H and O–H groups in total.